The maximum absolute atomic E-state index is 10.7. The third kappa shape index (κ3) is 3.19. The predicted molar refractivity (Wildman–Crippen MR) is 46.0 cm³/mol. The molecule has 0 bridgehead atoms. The summed E-state index contributed by atoms with van der Waals surface area (Å²) in [5.41, 5.74) is 0. The van der Waals surface area contributed by atoms with Crippen LogP contribution >= 0.6 is 0 Å². The molecule has 2 N–H and O–H groups in total. The molecule has 0 aromatic rings. The van der Waals surface area contributed by atoms with Crippen LogP contribution in [0.4, 0.5) is 0 Å². The van der Waals surface area contributed by atoms with Crippen molar-refractivity contribution < 1.29 is 15.0 Å². The standard InChI is InChI=1S/C8H17NO3/c1-6(2)7(8(11)12)9(3)4-5-10/h6-7,10H,4-5H2,1-3H3,(H,11,12). The van der Waals surface area contributed by atoms with Gasteiger partial charge in [0.15, 0.2) is 0 Å². The highest BCUT2D eigenvalue weighted by molar-refractivity contribution is 5.73. The van der Waals surface area contributed by atoms with Crippen LogP contribution in [0.5, 0.6) is 0 Å². The third-order valence-corrected chi connectivity index (χ3v) is 1.81. The van der Waals surface area contributed by atoms with Crippen molar-refractivity contribution in [2.75, 3.05) is 20.2 Å². The van der Waals surface area contributed by atoms with E-state index in [1.54, 1.807) is 11.9 Å². The highest BCUT2D eigenvalue weighted by Crippen LogP contribution is 2.08. The average Bonchev–Trinajstić information content (AvgIpc) is 1.85. The average molecular weight is 175 g/mol. The Morgan fingerprint density at radius 3 is 2.25 bits per heavy atom. The van der Waals surface area contributed by atoms with Gasteiger partial charge in [-0.3, -0.25) is 9.69 Å². The van der Waals surface area contributed by atoms with Gasteiger partial charge in [-0.15, -0.1) is 0 Å². The highest BCUT2D eigenvalue weighted by Gasteiger charge is 2.25. The molecule has 4 heteroatoms. The normalized spacial score (nSPS) is 13.8. The van der Waals surface area contributed by atoms with Gasteiger partial charge in [-0.05, 0) is 13.0 Å². The lowest BCUT2D eigenvalue weighted by molar-refractivity contribution is -0.144. The molecule has 0 spiro atoms. The molecular formula is C8H17NO3. The minimum absolute atomic E-state index is 0.00694. The smallest absolute Gasteiger partial charge is 0.321 e. The molecule has 0 aromatic carbocycles. The largest absolute Gasteiger partial charge is 0.480 e. The number of likely N-dealkylation sites (N-methyl/N-ethyl adjacent to an activating group) is 1. The molecule has 12 heavy (non-hydrogen) atoms. The van der Waals surface area contributed by atoms with Crippen molar-refractivity contribution in [2.45, 2.75) is 19.9 Å². The molecule has 0 radical (unpaired) electrons. The minimum Gasteiger partial charge on any atom is -0.480 e. The van der Waals surface area contributed by atoms with E-state index in [-0.39, 0.29) is 12.5 Å². The van der Waals surface area contributed by atoms with E-state index < -0.39 is 12.0 Å². The van der Waals surface area contributed by atoms with E-state index in [0.29, 0.717) is 6.54 Å². The van der Waals surface area contributed by atoms with Gasteiger partial charge in [-0.25, -0.2) is 0 Å². The first kappa shape index (κ1) is 11.4. The molecule has 72 valence electrons. The first-order chi connectivity index (χ1) is 5.50. The number of aliphatic hydroxyl groups is 1. The Balaban J connectivity index is 4.19. The number of aliphatic hydroxyl groups excluding tert-OH is 1. The fraction of sp³-hybridized carbons (Fsp3) is 0.875. The molecule has 0 saturated heterocycles. The second-order valence-electron chi connectivity index (χ2n) is 3.23. The SMILES string of the molecule is CC(C)C(C(=O)O)N(C)CCO. The molecule has 4 nitrogen and oxygen atoms in total. The van der Waals surface area contributed by atoms with Crippen LogP contribution in [0.25, 0.3) is 0 Å². The molecule has 0 aliphatic rings. The molecule has 0 aliphatic carbocycles. The van der Waals surface area contributed by atoms with Gasteiger partial charge >= 0.3 is 5.97 Å². The fourth-order valence-electron chi connectivity index (χ4n) is 1.28. The van der Waals surface area contributed by atoms with Gasteiger partial charge in [0, 0.05) is 6.54 Å². The Labute approximate surface area is 72.8 Å². The van der Waals surface area contributed by atoms with E-state index >= 15 is 0 Å². The summed E-state index contributed by atoms with van der Waals surface area (Å²) < 4.78 is 0. The summed E-state index contributed by atoms with van der Waals surface area (Å²) in [5, 5.41) is 17.4. The van der Waals surface area contributed by atoms with Gasteiger partial charge in [0.2, 0.25) is 0 Å². The molecule has 0 aromatic heterocycles. The monoisotopic (exact) mass is 175 g/mol. The molecule has 0 fully saturated rings. The van der Waals surface area contributed by atoms with Crippen molar-refractivity contribution in [1.82, 2.24) is 4.90 Å². The highest BCUT2D eigenvalue weighted by atomic mass is 16.4. The van der Waals surface area contributed by atoms with Gasteiger partial charge in [0.05, 0.1) is 6.61 Å². The Kier molecular flexibility index (Phi) is 4.85. The lowest BCUT2D eigenvalue weighted by atomic mass is 10.0. The first-order valence-corrected chi connectivity index (χ1v) is 4.04. The molecule has 0 aliphatic heterocycles. The van der Waals surface area contributed by atoms with Crippen LogP contribution in [0.15, 0.2) is 0 Å². The van der Waals surface area contributed by atoms with Crippen LogP contribution in [-0.2, 0) is 4.79 Å². The van der Waals surface area contributed by atoms with Gasteiger partial charge in [-0.1, -0.05) is 13.8 Å². The van der Waals surface area contributed by atoms with Crippen LogP contribution in [-0.4, -0.2) is 47.3 Å². The topological polar surface area (TPSA) is 60.8 Å². The molecule has 0 rings (SSSR count). The lowest BCUT2D eigenvalue weighted by Gasteiger charge is -2.26. The molecule has 1 atom stereocenters. The summed E-state index contributed by atoms with van der Waals surface area (Å²) in [5.74, 6) is -0.778. The Bertz CT molecular complexity index is 147. The zero-order valence-corrected chi connectivity index (χ0v) is 7.82. The predicted octanol–water partition coefficient (Wildman–Crippen LogP) is 0.0197. The molecule has 0 saturated carbocycles. The third-order valence-electron chi connectivity index (χ3n) is 1.81. The lowest BCUT2D eigenvalue weighted by Crippen LogP contribution is -2.43. The van der Waals surface area contributed by atoms with Crippen LogP contribution < -0.4 is 0 Å². The van der Waals surface area contributed by atoms with Gasteiger partial charge in [0.1, 0.15) is 6.04 Å². The van der Waals surface area contributed by atoms with Crippen LogP contribution in [0, 0.1) is 5.92 Å². The number of rotatable bonds is 5. The van der Waals surface area contributed by atoms with Crippen LogP contribution in [0.1, 0.15) is 13.8 Å². The van der Waals surface area contributed by atoms with E-state index in [0.717, 1.165) is 0 Å². The molecular weight excluding hydrogens is 158 g/mol. The summed E-state index contributed by atoms with van der Waals surface area (Å²) in [6, 6.07) is -0.503. The summed E-state index contributed by atoms with van der Waals surface area (Å²) in [6.45, 7) is 4.10. The van der Waals surface area contributed by atoms with Crippen molar-refractivity contribution in [2.24, 2.45) is 5.92 Å². The quantitative estimate of drug-likeness (QED) is 0.618. The molecule has 1 unspecified atom stereocenters. The molecule has 0 amide bonds. The summed E-state index contributed by atoms with van der Waals surface area (Å²) in [4.78, 5) is 12.4. The van der Waals surface area contributed by atoms with Crippen LogP contribution in [0.3, 0.4) is 0 Å². The van der Waals surface area contributed by atoms with E-state index in [1.165, 1.54) is 0 Å². The molecule has 0 heterocycles. The van der Waals surface area contributed by atoms with Gasteiger partial charge in [0.25, 0.3) is 0 Å². The summed E-state index contributed by atoms with van der Waals surface area (Å²) in [6.07, 6.45) is 0. The van der Waals surface area contributed by atoms with E-state index in [4.69, 9.17) is 10.2 Å². The van der Waals surface area contributed by atoms with Crippen molar-refractivity contribution in [1.29, 1.82) is 0 Å². The first-order valence-electron chi connectivity index (χ1n) is 4.04. The van der Waals surface area contributed by atoms with Gasteiger partial charge in [-0.2, -0.15) is 0 Å². The number of hydrogen-bond donors (Lipinski definition) is 2. The summed E-state index contributed by atoms with van der Waals surface area (Å²) >= 11 is 0. The minimum atomic E-state index is -0.832. The Morgan fingerprint density at radius 1 is 1.50 bits per heavy atom. The summed E-state index contributed by atoms with van der Waals surface area (Å²) in [7, 11) is 1.70. The number of aliphatic carboxylic acids is 1. The maximum Gasteiger partial charge on any atom is 0.321 e. The van der Waals surface area contributed by atoms with Crippen molar-refractivity contribution in [3.05, 3.63) is 0 Å². The fourth-order valence-corrected chi connectivity index (χ4v) is 1.28. The second kappa shape index (κ2) is 5.11. The van der Waals surface area contributed by atoms with Crippen molar-refractivity contribution >= 4 is 5.97 Å². The van der Waals surface area contributed by atoms with E-state index in [9.17, 15) is 4.79 Å². The van der Waals surface area contributed by atoms with Crippen LogP contribution in [0.2, 0.25) is 0 Å². The Morgan fingerprint density at radius 2 is 2.00 bits per heavy atom. The number of carboxylic acids is 1. The van der Waals surface area contributed by atoms with Crippen molar-refractivity contribution in [3.8, 4) is 0 Å². The zero-order chi connectivity index (χ0) is 9.72. The van der Waals surface area contributed by atoms with E-state index in [2.05, 4.69) is 0 Å². The van der Waals surface area contributed by atoms with Crippen molar-refractivity contribution in [3.63, 3.8) is 0 Å². The number of nitrogens with zero attached hydrogens (tertiary/aromatic N) is 1. The second-order valence-corrected chi connectivity index (χ2v) is 3.23. The number of hydrogen-bond acceptors (Lipinski definition) is 3. The van der Waals surface area contributed by atoms with Gasteiger partial charge < -0.3 is 10.2 Å². The Hall–Kier alpha value is -0.610. The maximum atomic E-state index is 10.7. The number of carbonyl (C=O) groups is 1. The number of carboxylic acid groups (broad SMARTS) is 1. The zero-order valence-electron chi connectivity index (χ0n) is 7.82. The van der Waals surface area contributed by atoms with E-state index in [1.807, 2.05) is 13.8 Å².